The summed E-state index contributed by atoms with van der Waals surface area (Å²) in [7, 11) is 0. The van der Waals surface area contributed by atoms with E-state index in [2.05, 4.69) is 15.9 Å². The van der Waals surface area contributed by atoms with Gasteiger partial charge in [-0.3, -0.25) is 4.79 Å². The van der Waals surface area contributed by atoms with Crippen LogP contribution in [-0.2, 0) is 11.2 Å². The zero-order valence-electron chi connectivity index (χ0n) is 13.0. The van der Waals surface area contributed by atoms with Crippen LogP contribution in [0, 0.1) is 11.6 Å². The molecule has 1 fully saturated rings. The predicted molar refractivity (Wildman–Crippen MR) is 93.0 cm³/mol. The van der Waals surface area contributed by atoms with Gasteiger partial charge in [-0.1, -0.05) is 40.2 Å². The Bertz CT molecular complexity index is 725. The predicted octanol–water partition coefficient (Wildman–Crippen LogP) is 3.62. The fraction of sp³-hybridized carbons (Fsp3) is 0.278. The van der Waals surface area contributed by atoms with Gasteiger partial charge in [-0.25, -0.2) is 8.78 Å². The van der Waals surface area contributed by atoms with Crippen molar-refractivity contribution in [2.75, 3.05) is 31.1 Å². The number of carbonyl (C=O) groups is 1. The molecule has 0 radical (unpaired) electrons. The van der Waals surface area contributed by atoms with Crippen LogP contribution in [0.2, 0.25) is 0 Å². The van der Waals surface area contributed by atoms with E-state index in [9.17, 15) is 13.6 Å². The zero-order chi connectivity index (χ0) is 17.1. The summed E-state index contributed by atoms with van der Waals surface area (Å²) >= 11 is 3.44. The fourth-order valence-corrected chi connectivity index (χ4v) is 3.31. The first-order valence-corrected chi connectivity index (χ1v) is 8.55. The molecule has 0 N–H and O–H groups in total. The highest BCUT2D eigenvalue weighted by Gasteiger charge is 2.25. The van der Waals surface area contributed by atoms with E-state index in [1.807, 2.05) is 24.3 Å². The van der Waals surface area contributed by atoms with Crippen molar-refractivity contribution >= 4 is 27.5 Å². The number of amides is 1. The molecule has 6 heteroatoms. The first kappa shape index (κ1) is 16.9. The van der Waals surface area contributed by atoms with Gasteiger partial charge < -0.3 is 9.80 Å². The number of benzene rings is 2. The first-order valence-electron chi connectivity index (χ1n) is 7.76. The summed E-state index contributed by atoms with van der Waals surface area (Å²) < 4.78 is 28.6. The lowest BCUT2D eigenvalue weighted by Crippen LogP contribution is -2.49. The quantitative estimate of drug-likeness (QED) is 0.793. The van der Waals surface area contributed by atoms with Crippen molar-refractivity contribution in [3.63, 3.8) is 0 Å². The molecule has 2 aromatic carbocycles. The maximum Gasteiger partial charge on any atom is 0.227 e. The molecule has 24 heavy (non-hydrogen) atoms. The van der Waals surface area contributed by atoms with Gasteiger partial charge in [0.25, 0.3) is 0 Å². The van der Waals surface area contributed by atoms with Gasteiger partial charge in [0.1, 0.15) is 17.3 Å². The SMILES string of the molecule is O=C(Cc1ccccc1Br)N1CCN(c2c(F)cccc2F)CC1. The Hall–Kier alpha value is -1.95. The van der Waals surface area contributed by atoms with E-state index in [1.54, 1.807) is 9.80 Å². The minimum Gasteiger partial charge on any atom is -0.363 e. The van der Waals surface area contributed by atoms with Gasteiger partial charge in [0.15, 0.2) is 0 Å². The van der Waals surface area contributed by atoms with Crippen LogP contribution in [0.1, 0.15) is 5.56 Å². The minimum absolute atomic E-state index is 0.00426. The number of hydrogen-bond acceptors (Lipinski definition) is 2. The third-order valence-corrected chi connectivity index (χ3v) is 4.96. The maximum absolute atomic E-state index is 13.9. The molecule has 0 aliphatic carbocycles. The van der Waals surface area contributed by atoms with E-state index in [0.29, 0.717) is 32.6 Å². The summed E-state index contributed by atoms with van der Waals surface area (Å²) in [5.74, 6) is -1.11. The van der Waals surface area contributed by atoms with Gasteiger partial charge in [-0.15, -0.1) is 0 Å². The molecular weight excluding hydrogens is 378 g/mol. The number of rotatable bonds is 3. The molecule has 1 aliphatic heterocycles. The monoisotopic (exact) mass is 394 g/mol. The Morgan fingerprint density at radius 1 is 0.958 bits per heavy atom. The average Bonchev–Trinajstić information content (AvgIpc) is 2.57. The second-order valence-electron chi connectivity index (χ2n) is 5.71. The molecule has 0 unspecified atom stereocenters. The van der Waals surface area contributed by atoms with Gasteiger partial charge in [-0.05, 0) is 23.8 Å². The largest absolute Gasteiger partial charge is 0.363 e. The van der Waals surface area contributed by atoms with E-state index in [4.69, 9.17) is 0 Å². The van der Waals surface area contributed by atoms with E-state index < -0.39 is 11.6 Å². The Labute approximate surface area is 148 Å². The molecule has 0 saturated carbocycles. The van der Waals surface area contributed by atoms with Gasteiger partial charge in [-0.2, -0.15) is 0 Å². The van der Waals surface area contributed by atoms with Crippen molar-refractivity contribution in [1.29, 1.82) is 0 Å². The van der Waals surface area contributed by atoms with E-state index in [0.717, 1.165) is 10.0 Å². The number of para-hydroxylation sites is 1. The second kappa shape index (κ2) is 7.30. The zero-order valence-corrected chi connectivity index (χ0v) is 14.6. The van der Waals surface area contributed by atoms with Crippen LogP contribution < -0.4 is 4.90 Å². The van der Waals surface area contributed by atoms with E-state index in [1.165, 1.54) is 18.2 Å². The highest BCUT2D eigenvalue weighted by Crippen LogP contribution is 2.24. The summed E-state index contributed by atoms with van der Waals surface area (Å²) in [6, 6.07) is 11.5. The molecule has 3 nitrogen and oxygen atoms in total. The number of nitrogens with zero attached hydrogens (tertiary/aromatic N) is 2. The molecule has 126 valence electrons. The second-order valence-corrected chi connectivity index (χ2v) is 6.56. The van der Waals surface area contributed by atoms with E-state index in [-0.39, 0.29) is 11.6 Å². The standard InChI is InChI=1S/C18H17BrF2N2O/c19-14-5-2-1-4-13(14)12-17(24)22-8-10-23(11-9-22)18-15(20)6-3-7-16(18)21/h1-7H,8-12H2. The molecular formula is C18H17BrF2N2O. The Morgan fingerprint density at radius 2 is 1.58 bits per heavy atom. The molecule has 1 aliphatic rings. The molecule has 1 saturated heterocycles. The average molecular weight is 395 g/mol. The fourth-order valence-electron chi connectivity index (χ4n) is 2.89. The van der Waals surface area contributed by atoms with Crippen molar-refractivity contribution in [2.45, 2.75) is 6.42 Å². The van der Waals surface area contributed by atoms with Crippen molar-refractivity contribution in [3.8, 4) is 0 Å². The van der Waals surface area contributed by atoms with Crippen LogP contribution in [0.3, 0.4) is 0 Å². The topological polar surface area (TPSA) is 23.6 Å². The lowest BCUT2D eigenvalue weighted by atomic mass is 10.1. The van der Waals surface area contributed by atoms with Crippen LogP contribution >= 0.6 is 15.9 Å². The number of anilines is 1. The summed E-state index contributed by atoms with van der Waals surface area (Å²) in [6.07, 6.45) is 0.315. The Morgan fingerprint density at radius 3 is 2.21 bits per heavy atom. The summed E-state index contributed by atoms with van der Waals surface area (Å²) in [5, 5.41) is 0. The summed E-state index contributed by atoms with van der Waals surface area (Å²) in [6.45, 7) is 1.74. The smallest absolute Gasteiger partial charge is 0.227 e. The molecule has 0 atom stereocenters. The third kappa shape index (κ3) is 3.59. The Kier molecular flexibility index (Phi) is 5.14. The van der Waals surface area contributed by atoms with Gasteiger partial charge in [0, 0.05) is 30.7 Å². The molecule has 1 amide bonds. The normalized spacial score (nSPS) is 14.8. The van der Waals surface area contributed by atoms with Gasteiger partial charge >= 0.3 is 0 Å². The van der Waals surface area contributed by atoms with Crippen molar-refractivity contribution in [3.05, 3.63) is 64.1 Å². The molecule has 0 spiro atoms. The van der Waals surface area contributed by atoms with Crippen molar-refractivity contribution in [1.82, 2.24) is 4.90 Å². The lowest BCUT2D eigenvalue weighted by molar-refractivity contribution is -0.130. The number of halogens is 3. The van der Waals surface area contributed by atoms with Crippen LogP contribution in [0.25, 0.3) is 0 Å². The number of piperazine rings is 1. The molecule has 2 aromatic rings. The van der Waals surface area contributed by atoms with Crippen LogP contribution in [0.5, 0.6) is 0 Å². The van der Waals surface area contributed by atoms with Gasteiger partial charge in [0.05, 0.1) is 6.42 Å². The van der Waals surface area contributed by atoms with Crippen LogP contribution in [-0.4, -0.2) is 37.0 Å². The summed E-state index contributed by atoms with van der Waals surface area (Å²) in [4.78, 5) is 15.8. The molecule has 3 rings (SSSR count). The molecule has 0 bridgehead atoms. The Balaban J connectivity index is 1.63. The van der Waals surface area contributed by atoms with Crippen molar-refractivity contribution < 1.29 is 13.6 Å². The molecule has 0 aromatic heterocycles. The highest BCUT2D eigenvalue weighted by molar-refractivity contribution is 9.10. The number of hydrogen-bond donors (Lipinski definition) is 0. The highest BCUT2D eigenvalue weighted by atomic mass is 79.9. The first-order chi connectivity index (χ1) is 11.6. The van der Waals surface area contributed by atoms with Crippen molar-refractivity contribution in [2.24, 2.45) is 0 Å². The van der Waals surface area contributed by atoms with E-state index >= 15 is 0 Å². The van der Waals surface area contributed by atoms with Crippen LogP contribution in [0.4, 0.5) is 14.5 Å². The molecule has 1 heterocycles. The van der Waals surface area contributed by atoms with Crippen LogP contribution in [0.15, 0.2) is 46.9 Å². The maximum atomic E-state index is 13.9. The third-order valence-electron chi connectivity index (χ3n) is 4.19. The number of carbonyl (C=O) groups excluding carboxylic acids is 1. The summed E-state index contributed by atoms with van der Waals surface area (Å²) in [5.41, 5.74) is 0.931. The minimum atomic E-state index is -0.567. The lowest BCUT2D eigenvalue weighted by Gasteiger charge is -2.36. The van der Waals surface area contributed by atoms with Gasteiger partial charge in [0.2, 0.25) is 5.91 Å².